The highest BCUT2D eigenvalue weighted by molar-refractivity contribution is 5.89. The van der Waals surface area contributed by atoms with Gasteiger partial charge in [-0.2, -0.15) is 0 Å². The Labute approximate surface area is 102 Å². The van der Waals surface area contributed by atoms with E-state index in [2.05, 4.69) is 14.1 Å². The first-order chi connectivity index (χ1) is 8.13. The van der Waals surface area contributed by atoms with E-state index in [0.29, 0.717) is 17.9 Å². The molecule has 0 amide bonds. The average molecular weight is 238 g/mol. The van der Waals surface area contributed by atoms with Crippen molar-refractivity contribution in [3.8, 4) is 5.75 Å². The number of quaternary nitrogens is 1. The number of hydrogen-bond donors (Lipinski definition) is 1. The third kappa shape index (κ3) is 4.87. The summed E-state index contributed by atoms with van der Waals surface area (Å²) in [4.78, 5) is 13.0. The maximum atomic E-state index is 11.7. The Morgan fingerprint density at radius 1 is 1.35 bits per heavy atom. The number of ether oxygens (including phenoxy) is 2. The van der Waals surface area contributed by atoms with Crippen LogP contribution in [-0.2, 0) is 4.74 Å². The van der Waals surface area contributed by atoms with E-state index >= 15 is 0 Å². The highest BCUT2D eigenvalue weighted by Gasteiger charge is 2.07. The first kappa shape index (κ1) is 13.5. The summed E-state index contributed by atoms with van der Waals surface area (Å²) in [5.74, 6) is 0.370. The normalized spacial score (nSPS) is 10.4. The van der Waals surface area contributed by atoms with Crippen molar-refractivity contribution in [2.45, 2.75) is 6.42 Å². The Hall–Kier alpha value is -1.55. The highest BCUT2D eigenvalue weighted by atomic mass is 16.5. The van der Waals surface area contributed by atoms with Crippen LogP contribution < -0.4 is 9.64 Å². The fourth-order valence-corrected chi connectivity index (χ4v) is 1.42. The summed E-state index contributed by atoms with van der Waals surface area (Å²) in [5, 5.41) is 0. The molecule has 4 heteroatoms. The van der Waals surface area contributed by atoms with Crippen molar-refractivity contribution in [1.82, 2.24) is 0 Å². The van der Waals surface area contributed by atoms with Gasteiger partial charge in [0, 0.05) is 6.42 Å². The summed E-state index contributed by atoms with van der Waals surface area (Å²) in [6, 6.07) is 6.98. The monoisotopic (exact) mass is 238 g/mol. The van der Waals surface area contributed by atoms with Crippen LogP contribution in [0.4, 0.5) is 0 Å². The molecule has 0 saturated carbocycles. The number of nitrogens with one attached hydrogen (secondary N) is 1. The second-order valence-corrected chi connectivity index (χ2v) is 4.18. The SMILES string of the molecule is COc1cccc(C(=O)OCCC[NH+](C)C)c1. The minimum absolute atomic E-state index is 0.294. The number of rotatable bonds is 6. The van der Waals surface area contributed by atoms with E-state index in [1.807, 2.05) is 0 Å². The second-order valence-electron chi connectivity index (χ2n) is 4.18. The summed E-state index contributed by atoms with van der Waals surface area (Å²) in [6.07, 6.45) is 0.873. The minimum Gasteiger partial charge on any atom is -0.497 e. The summed E-state index contributed by atoms with van der Waals surface area (Å²) < 4.78 is 10.2. The molecule has 1 aromatic rings. The lowest BCUT2D eigenvalue weighted by atomic mass is 10.2. The van der Waals surface area contributed by atoms with E-state index in [4.69, 9.17) is 9.47 Å². The van der Waals surface area contributed by atoms with E-state index in [1.165, 1.54) is 4.90 Å². The molecule has 0 spiro atoms. The zero-order valence-electron chi connectivity index (χ0n) is 10.7. The molecule has 0 aromatic heterocycles. The molecule has 0 unspecified atom stereocenters. The fourth-order valence-electron chi connectivity index (χ4n) is 1.42. The molecule has 94 valence electrons. The van der Waals surface area contributed by atoms with Crippen LogP contribution in [0.5, 0.6) is 5.75 Å². The minimum atomic E-state index is -0.294. The van der Waals surface area contributed by atoms with Gasteiger partial charge in [-0.25, -0.2) is 4.79 Å². The molecule has 1 N–H and O–H groups in total. The summed E-state index contributed by atoms with van der Waals surface area (Å²) in [6.45, 7) is 1.45. The van der Waals surface area contributed by atoms with Crippen molar-refractivity contribution in [2.24, 2.45) is 0 Å². The molecule has 0 bridgehead atoms. The van der Waals surface area contributed by atoms with E-state index < -0.39 is 0 Å². The van der Waals surface area contributed by atoms with Crippen LogP contribution in [0.25, 0.3) is 0 Å². The lowest BCUT2D eigenvalue weighted by Crippen LogP contribution is -3.05. The molecule has 0 saturated heterocycles. The zero-order valence-corrected chi connectivity index (χ0v) is 10.7. The van der Waals surface area contributed by atoms with Crippen LogP contribution in [0.3, 0.4) is 0 Å². The van der Waals surface area contributed by atoms with Crippen LogP contribution in [0.2, 0.25) is 0 Å². The molecule has 0 aliphatic carbocycles. The Morgan fingerprint density at radius 3 is 2.76 bits per heavy atom. The predicted molar refractivity (Wildman–Crippen MR) is 65.6 cm³/mol. The van der Waals surface area contributed by atoms with Gasteiger partial charge in [-0.05, 0) is 18.2 Å². The van der Waals surface area contributed by atoms with Crippen molar-refractivity contribution in [2.75, 3.05) is 34.4 Å². The standard InChI is InChI=1S/C13H19NO3/c1-14(2)8-5-9-17-13(15)11-6-4-7-12(10-11)16-3/h4,6-7,10H,5,8-9H2,1-3H3/p+1. The Bertz CT molecular complexity index is 363. The van der Waals surface area contributed by atoms with Crippen LogP contribution in [0, 0.1) is 0 Å². The van der Waals surface area contributed by atoms with Gasteiger partial charge in [0.25, 0.3) is 0 Å². The molecule has 0 fully saturated rings. The number of carbonyl (C=O) groups is 1. The quantitative estimate of drug-likeness (QED) is 0.575. The molecule has 0 aliphatic rings. The van der Waals surface area contributed by atoms with Gasteiger partial charge >= 0.3 is 5.97 Å². The van der Waals surface area contributed by atoms with Gasteiger partial charge in [-0.3, -0.25) is 0 Å². The van der Waals surface area contributed by atoms with Gasteiger partial charge in [0.2, 0.25) is 0 Å². The molecule has 1 rings (SSSR count). The number of hydrogen-bond acceptors (Lipinski definition) is 3. The smallest absolute Gasteiger partial charge is 0.338 e. The van der Waals surface area contributed by atoms with Crippen LogP contribution in [-0.4, -0.2) is 40.3 Å². The fraction of sp³-hybridized carbons (Fsp3) is 0.462. The third-order valence-corrected chi connectivity index (χ3v) is 2.36. The van der Waals surface area contributed by atoms with Crippen molar-refractivity contribution in [1.29, 1.82) is 0 Å². The largest absolute Gasteiger partial charge is 0.497 e. The summed E-state index contributed by atoms with van der Waals surface area (Å²) in [7, 11) is 5.72. The summed E-state index contributed by atoms with van der Waals surface area (Å²) >= 11 is 0. The Balaban J connectivity index is 2.41. The van der Waals surface area contributed by atoms with Gasteiger partial charge in [0.05, 0.1) is 39.9 Å². The average Bonchev–Trinajstić information content (AvgIpc) is 2.34. The first-order valence-electron chi connectivity index (χ1n) is 5.73. The number of esters is 1. The third-order valence-electron chi connectivity index (χ3n) is 2.36. The number of methoxy groups -OCH3 is 1. The zero-order chi connectivity index (χ0) is 12.7. The van der Waals surface area contributed by atoms with Gasteiger partial charge in [0.1, 0.15) is 5.75 Å². The molecular weight excluding hydrogens is 218 g/mol. The molecule has 0 atom stereocenters. The molecule has 0 aliphatic heterocycles. The van der Waals surface area contributed by atoms with Gasteiger partial charge in [-0.15, -0.1) is 0 Å². The van der Waals surface area contributed by atoms with E-state index in [1.54, 1.807) is 31.4 Å². The van der Waals surface area contributed by atoms with E-state index in [-0.39, 0.29) is 5.97 Å². The lowest BCUT2D eigenvalue weighted by Gasteiger charge is -2.08. The topological polar surface area (TPSA) is 40.0 Å². The maximum absolute atomic E-state index is 11.7. The van der Waals surface area contributed by atoms with Crippen molar-refractivity contribution in [3.63, 3.8) is 0 Å². The van der Waals surface area contributed by atoms with Crippen LogP contribution >= 0.6 is 0 Å². The van der Waals surface area contributed by atoms with Gasteiger partial charge in [0.15, 0.2) is 0 Å². The predicted octanol–water partition coefficient (Wildman–Crippen LogP) is 0.387. The van der Waals surface area contributed by atoms with Gasteiger partial charge < -0.3 is 14.4 Å². The molecule has 4 nitrogen and oxygen atoms in total. The van der Waals surface area contributed by atoms with Crippen molar-refractivity contribution >= 4 is 5.97 Å². The highest BCUT2D eigenvalue weighted by Crippen LogP contribution is 2.13. The summed E-state index contributed by atoms with van der Waals surface area (Å²) in [5.41, 5.74) is 0.529. The lowest BCUT2D eigenvalue weighted by molar-refractivity contribution is -0.858. The van der Waals surface area contributed by atoms with Gasteiger partial charge in [-0.1, -0.05) is 6.07 Å². The molecule has 0 radical (unpaired) electrons. The van der Waals surface area contributed by atoms with Crippen LogP contribution in [0.1, 0.15) is 16.8 Å². The number of benzene rings is 1. The van der Waals surface area contributed by atoms with Crippen LogP contribution in [0.15, 0.2) is 24.3 Å². The van der Waals surface area contributed by atoms with Crippen molar-refractivity contribution < 1.29 is 19.2 Å². The first-order valence-corrected chi connectivity index (χ1v) is 5.73. The van der Waals surface area contributed by atoms with E-state index in [9.17, 15) is 4.79 Å². The van der Waals surface area contributed by atoms with Crippen molar-refractivity contribution in [3.05, 3.63) is 29.8 Å². The van der Waals surface area contributed by atoms with E-state index in [0.717, 1.165) is 13.0 Å². The Kier molecular flexibility index (Phi) is 5.49. The molecule has 17 heavy (non-hydrogen) atoms. The molecule has 1 aromatic carbocycles. The second kappa shape index (κ2) is 6.91. The molecule has 0 heterocycles. The maximum Gasteiger partial charge on any atom is 0.338 e. The molecular formula is C13H20NO3+. The number of carbonyl (C=O) groups excluding carboxylic acids is 1. The Morgan fingerprint density at radius 2 is 2.12 bits per heavy atom.